The smallest absolute Gasteiger partial charge is 0.159 e. The molecule has 0 aliphatic rings. The van der Waals surface area contributed by atoms with E-state index in [4.69, 9.17) is 5.73 Å². The van der Waals surface area contributed by atoms with Gasteiger partial charge in [0.15, 0.2) is 17.5 Å². The van der Waals surface area contributed by atoms with Crippen LogP contribution >= 0.6 is 0 Å². The van der Waals surface area contributed by atoms with Gasteiger partial charge in [0, 0.05) is 5.56 Å². The SMILES string of the molecule is CCCc1nc(-c2ccc(F)c(F)c2)ncc1N. The van der Waals surface area contributed by atoms with Gasteiger partial charge < -0.3 is 5.73 Å². The van der Waals surface area contributed by atoms with Crippen molar-refractivity contribution in [3.05, 3.63) is 41.7 Å². The van der Waals surface area contributed by atoms with E-state index in [2.05, 4.69) is 9.97 Å². The number of halogens is 2. The van der Waals surface area contributed by atoms with Crippen molar-refractivity contribution in [3.8, 4) is 11.4 Å². The molecule has 1 aromatic carbocycles. The Bertz CT molecular complexity index is 570. The number of nitrogens with zero attached hydrogens (tertiary/aromatic N) is 2. The largest absolute Gasteiger partial charge is 0.396 e. The van der Waals surface area contributed by atoms with Gasteiger partial charge in [0.2, 0.25) is 0 Å². The molecule has 5 heteroatoms. The van der Waals surface area contributed by atoms with E-state index in [1.165, 1.54) is 12.3 Å². The van der Waals surface area contributed by atoms with Crippen LogP contribution in [0, 0.1) is 11.6 Å². The Kier molecular flexibility index (Phi) is 3.50. The summed E-state index contributed by atoms with van der Waals surface area (Å²) in [7, 11) is 0. The monoisotopic (exact) mass is 249 g/mol. The minimum Gasteiger partial charge on any atom is -0.396 e. The lowest BCUT2D eigenvalue weighted by molar-refractivity contribution is 0.509. The fourth-order valence-corrected chi connectivity index (χ4v) is 1.64. The van der Waals surface area contributed by atoms with Gasteiger partial charge in [0.1, 0.15) is 0 Å². The predicted octanol–water partition coefficient (Wildman–Crippen LogP) is 2.96. The Labute approximate surface area is 104 Å². The van der Waals surface area contributed by atoms with Crippen molar-refractivity contribution in [1.29, 1.82) is 0 Å². The normalized spacial score (nSPS) is 10.6. The molecule has 0 radical (unpaired) electrons. The van der Waals surface area contributed by atoms with E-state index < -0.39 is 11.6 Å². The summed E-state index contributed by atoms with van der Waals surface area (Å²) in [6.45, 7) is 2.01. The van der Waals surface area contributed by atoms with E-state index in [9.17, 15) is 8.78 Å². The fraction of sp³-hybridized carbons (Fsp3) is 0.231. The van der Waals surface area contributed by atoms with Gasteiger partial charge >= 0.3 is 0 Å². The lowest BCUT2D eigenvalue weighted by Crippen LogP contribution is -2.01. The van der Waals surface area contributed by atoms with Gasteiger partial charge in [-0.25, -0.2) is 18.7 Å². The highest BCUT2D eigenvalue weighted by atomic mass is 19.2. The molecule has 2 N–H and O–H groups in total. The van der Waals surface area contributed by atoms with Gasteiger partial charge in [-0.15, -0.1) is 0 Å². The zero-order valence-corrected chi connectivity index (χ0v) is 9.95. The number of nitrogen functional groups attached to an aromatic ring is 1. The van der Waals surface area contributed by atoms with Gasteiger partial charge in [-0.3, -0.25) is 0 Å². The summed E-state index contributed by atoms with van der Waals surface area (Å²) >= 11 is 0. The minimum atomic E-state index is -0.912. The molecule has 0 unspecified atom stereocenters. The quantitative estimate of drug-likeness (QED) is 0.909. The number of aromatic nitrogens is 2. The van der Waals surface area contributed by atoms with Gasteiger partial charge in [-0.2, -0.15) is 0 Å². The van der Waals surface area contributed by atoms with E-state index in [0.717, 1.165) is 30.7 Å². The molecule has 2 rings (SSSR count). The van der Waals surface area contributed by atoms with E-state index in [1.807, 2.05) is 6.92 Å². The Hall–Kier alpha value is -2.04. The summed E-state index contributed by atoms with van der Waals surface area (Å²) in [5, 5.41) is 0. The van der Waals surface area contributed by atoms with Crippen LogP contribution in [-0.2, 0) is 6.42 Å². The third-order valence-corrected chi connectivity index (χ3v) is 2.56. The lowest BCUT2D eigenvalue weighted by atomic mass is 10.1. The molecule has 3 nitrogen and oxygen atoms in total. The molecule has 0 spiro atoms. The van der Waals surface area contributed by atoms with Crippen LogP contribution in [0.5, 0.6) is 0 Å². The number of benzene rings is 1. The Morgan fingerprint density at radius 3 is 2.67 bits per heavy atom. The lowest BCUT2D eigenvalue weighted by Gasteiger charge is -2.06. The molecule has 0 aliphatic carbocycles. The third-order valence-electron chi connectivity index (χ3n) is 2.56. The summed E-state index contributed by atoms with van der Waals surface area (Å²) < 4.78 is 26.0. The van der Waals surface area contributed by atoms with E-state index >= 15 is 0 Å². The molecule has 0 aliphatic heterocycles. The molecule has 0 amide bonds. The standard InChI is InChI=1S/C13H13F2N3/c1-2-3-12-11(16)7-17-13(18-12)8-4-5-9(14)10(15)6-8/h4-7H,2-3,16H2,1H3. The predicted molar refractivity (Wildman–Crippen MR) is 65.8 cm³/mol. The summed E-state index contributed by atoms with van der Waals surface area (Å²) in [6.07, 6.45) is 3.12. The number of aryl methyl sites for hydroxylation is 1. The molecule has 0 saturated heterocycles. The van der Waals surface area contributed by atoms with Crippen LogP contribution in [0.2, 0.25) is 0 Å². The minimum absolute atomic E-state index is 0.353. The number of rotatable bonds is 3. The molecule has 1 aromatic heterocycles. The number of hydrogen-bond acceptors (Lipinski definition) is 3. The molecule has 94 valence electrons. The van der Waals surface area contributed by atoms with Gasteiger partial charge in [-0.05, 0) is 24.6 Å². The average Bonchev–Trinajstić information content (AvgIpc) is 2.36. The fourth-order valence-electron chi connectivity index (χ4n) is 1.64. The average molecular weight is 249 g/mol. The van der Waals surface area contributed by atoms with Gasteiger partial charge in [0.05, 0.1) is 17.6 Å². The topological polar surface area (TPSA) is 51.8 Å². The summed E-state index contributed by atoms with van der Waals surface area (Å²) in [5.74, 6) is -1.44. The summed E-state index contributed by atoms with van der Waals surface area (Å²) in [4.78, 5) is 8.31. The molecule has 0 atom stereocenters. The molecular formula is C13H13F2N3. The summed E-state index contributed by atoms with van der Waals surface area (Å²) in [5.41, 5.74) is 7.43. The first-order valence-electron chi connectivity index (χ1n) is 5.68. The van der Waals surface area contributed by atoms with Crippen molar-refractivity contribution < 1.29 is 8.78 Å². The van der Waals surface area contributed by atoms with E-state index in [0.29, 0.717) is 17.1 Å². The van der Waals surface area contributed by atoms with Crippen molar-refractivity contribution in [2.24, 2.45) is 0 Å². The molecule has 18 heavy (non-hydrogen) atoms. The second-order valence-corrected chi connectivity index (χ2v) is 3.97. The maximum Gasteiger partial charge on any atom is 0.159 e. The number of nitrogens with two attached hydrogens (primary N) is 1. The highest BCUT2D eigenvalue weighted by molar-refractivity contribution is 5.57. The summed E-state index contributed by atoms with van der Waals surface area (Å²) in [6, 6.07) is 3.58. The first-order chi connectivity index (χ1) is 8.61. The highest BCUT2D eigenvalue weighted by Crippen LogP contribution is 2.20. The molecule has 2 aromatic rings. The van der Waals surface area contributed by atoms with E-state index in [-0.39, 0.29) is 0 Å². The Morgan fingerprint density at radius 2 is 2.00 bits per heavy atom. The second-order valence-electron chi connectivity index (χ2n) is 3.97. The molecule has 1 heterocycles. The maximum atomic E-state index is 13.1. The zero-order valence-electron chi connectivity index (χ0n) is 9.95. The van der Waals surface area contributed by atoms with Crippen LogP contribution in [0.1, 0.15) is 19.0 Å². The highest BCUT2D eigenvalue weighted by Gasteiger charge is 2.09. The molecular weight excluding hydrogens is 236 g/mol. The van der Waals surface area contributed by atoms with Gasteiger partial charge in [0.25, 0.3) is 0 Å². The van der Waals surface area contributed by atoms with Crippen molar-refractivity contribution >= 4 is 5.69 Å². The van der Waals surface area contributed by atoms with Crippen molar-refractivity contribution in [2.75, 3.05) is 5.73 Å². The van der Waals surface area contributed by atoms with Crippen molar-refractivity contribution in [2.45, 2.75) is 19.8 Å². The second kappa shape index (κ2) is 5.08. The number of hydrogen-bond donors (Lipinski definition) is 1. The number of anilines is 1. The van der Waals surface area contributed by atoms with E-state index in [1.54, 1.807) is 0 Å². The molecule has 0 bridgehead atoms. The molecule has 0 fully saturated rings. The van der Waals surface area contributed by atoms with Crippen LogP contribution in [-0.4, -0.2) is 9.97 Å². The van der Waals surface area contributed by atoms with Crippen LogP contribution in [0.4, 0.5) is 14.5 Å². The maximum absolute atomic E-state index is 13.1. The Balaban J connectivity index is 2.44. The van der Waals surface area contributed by atoms with Crippen LogP contribution in [0.15, 0.2) is 24.4 Å². The van der Waals surface area contributed by atoms with Crippen LogP contribution < -0.4 is 5.73 Å². The van der Waals surface area contributed by atoms with Gasteiger partial charge in [-0.1, -0.05) is 13.3 Å². The first kappa shape index (κ1) is 12.4. The molecule has 0 saturated carbocycles. The zero-order chi connectivity index (χ0) is 13.1. The Morgan fingerprint density at radius 1 is 1.22 bits per heavy atom. The first-order valence-corrected chi connectivity index (χ1v) is 5.68. The van der Waals surface area contributed by atoms with Crippen molar-refractivity contribution in [1.82, 2.24) is 9.97 Å². The van der Waals surface area contributed by atoms with Crippen LogP contribution in [0.25, 0.3) is 11.4 Å². The van der Waals surface area contributed by atoms with Crippen molar-refractivity contribution in [3.63, 3.8) is 0 Å². The van der Waals surface area contributed by atoms with Crippen LogP contribution in [0.3, 0.4) is 0 Å². The third kappa shape index (κ3) is 2.45.